The molecule has 2 aromatic rings. The molecule has 6 nitrogen and oxygen atoms in total. The summed E-state index contributed by atoms with van der Waals surface area (Å²) < 4.78 is 0. The lowest BCUT2D eigenvalue weighted by Crippen LogP contribution is -2.39. The van der Waals surface area contributed by atoms with Gasteiger partial charge in [0, 0.05) is 32.0 Å². The van der Waals surface area contributed by atoms with Gasteiger partial charge in [-0.3, -0.25) is 4.79 Å². The van der Waals surface area contributed by atoms with Gasteiger partial charge < -0.3 is 10.2 Å². The molecule has 128 valence electrons. The van der Waals surface area contributed by atoms with Gasteiger partial charge in [-0.25, -0.2) is 9.97 Å². The number of nitrogens with one attached hydrogen (secondary N) is 1. The van der Waals surface area contributed by atoms with Crippen molar-refractivity contribution in [2.75, 3.05) is 24.5 Å². The minimum absolute atomic E-state index is 0.145. The van der Waals surface area contributed by atoms with Crippen LogP contribution in [0.1, 0.15) is 28.9 Å². The topological polar surface area (TPSA) is 81.9 Å². The van der Waals surface area contributed by atoms with E-state index in [9.17, 15) is 4.79 Å². The molecule has 1 aliphatic rings. The number of benzene rings is 1. The van der Waals surface area contributed by atoms with E-state index in [1.165, 1.54) is 6.20 Å². The Balaban J connectivity index is 1.52. The van der Waals surface area contributed by atoms with E-state index in [2.05, 4.69) is 26.3 Å². The lowest BCUT2D eigenvalue weighted by atomic mass is 9.96. The van der Waals surface area contributed by atoms with E-state index in [0.29, 0.717) is 34.6 Å². The Kier molecular flexibility index (Phi) is 5.46. The number of hydrogen-bond donors (Lipinski definition) is 1. The summed E-state index contributed by atoms with van der Waals surface area (Å²) in [6, 6.07) is 9.11. The Morgan fingerprint density at radius 2 is 2.00 bits per heavy atom. The first-order chi connectivity index (χ1) is 12.2. The van der Waals surface area contributed by atoms with Gasteiger partial charge >= 0.3 is 0 Å². The van der Waals surface area contributed by atoms with Crippen LogP contribution in [0.5, 0.6) is 0 Å². The van der Waals surface area contributed by atoms with Crippen LogP contribution in [-0.2, 0) is 0 Å². The molecule has 1 amide bonds. The maximum atomic E-state index is 12.2. The normalized spacial score (nSPS) is 14.8. The van der Waals surface area contributed by atoms with E-state index >= 15 is 0 Å². The smallest absolute Gasteiger partial charge is 0.252 e. The predicted octanol–water partition coefficient (Wildman–Crippen LogP) is 2.65. The van der Waals surface area contributed by atoms with Gasteiger partial charge in [0.1, 0.15) is 6.07 Å². The van der Waals surface area contributed by atoms with Crippen molar-refractivity contribution in [2.24, 2.45) is 5.92 Å². The average molecular weight is 356 g/mol. The predicted molar refractivity (Wildman–Crippen MR) is 95.5 cm³/mol. The number of rotatable bonds is 4. The lowest BCUT2D eigenvalue weighted by molar-refractivity contribution is 0.0945. The SMILES string of the molecule is N#Cc1nccnc1N1CCC(CNC(=O)c2ccccc2Cl)CC1. The third kappa shape index (κ3) is 4.06. The zero-order valence-electron chi connectivity index (χ0n) is 13.7. The fourth-order valence-electron chi connectivity index (χ4n) is 2.97. The number of nitriles is 1. The third-order valence-electron chi connectivity index (χ3n) is 4.37. The summed E-state index contributed by atoms with van der Waals surface area (Å²) in [5.41, 5.74) is 0.854. The standard InChI is InChI=1S/C18H18ClN5O/c19-15-4-2-1-3-14(15)18(25)23-12-13-5-9-24(10-6-13)17-16(11-20)21-7-8-22-17/h1-4,7-8,13H,5-6,9-10,12H2,(H,23,25). The van der Waals surface area contributed by atoms with Gasteiger partial charge in [-0.1, -0.05) is 23.7 Å². The highest BCUT2D eigenvalue weighted by Crippen LogP contribution is 2.23. The molecule has 0 aliphatic carbocycles. The van der Waals surface area contributed by atoms with Gasteiger partial charge in [-0.05, 0) is 30.9 Å². The van der Waals surface area contributed by atoms with Gasteiger partial charge in [-0.2, -0.15) is 5.26 Å². The number of carbonyl (C=O) groups is 1. The number of anilines is 1. The molecular weight excluding hydrogens is 338 g/mol. The molecule has 0 spiro atoms. The zero-order chi connectivity index (χ0) is 17.6. The summed E-state index contributed by atoms with van der Waals surface area (Å²) in [6.07, 6.45) is 4.97. The molecule has 0 atom stereocenters. The average Bonchev–Trinajstić information content (AvgIpc) is 2.67. The van der Waals surface area contributed by atoms with Gasteiger partial charge in [0.05, 0.1) is 10.6 Å². The largest absolute Gasteiger partial charge is 0.354 e. The summed E-state index contributed by atoms with van der Waals surface area (Å²) >= 11 is 6.05. The number of hydrogen-bond acceptors (Lipinski definition) is 5. The first kappa shape index (κ1) is 17.2. The van der Waals surface area contributed by atoms with Crippen LogP contribution in [0.3, 0.4) is 0 Å². The molecule has 3 rings (SSSR count). The highest BCUT2D eigenvalue weighted by atomic mass is 35.5. The van der Waals surface area contributed by atoms with Crippen molar-refractivity contribution in [3.05, 3.63) is 52.9 Å². The van der Waals surface area contributed by atoms with Crippen molar-refractivity contribution in [1.82, 2.24) is 15.3 Å². The van der Waals surface area contributed by atoms with Crippen LogP contribution in [0, 0.1) is 17.2 Å². The summed E-state index contributed by atoms with van der Waals surface area (Å²) in [5.74, 6) is 0.891. The molecular formula is C18H18ClN5O. The Hall–Kier alpha value is -2.65. The van der Waals surface area contributed by atoms with Crippen molar-refractivity contribution >= 4 is 23.3 Å². The van der Waals surface area contributed by atoms with Gasteiger partial charge in [0.2, 0.25) is 0 Å². The third-order valence-corrected chi connectivity index (χ3v) is 4.70. The molecule has 1 saturated heterocycles. The van der Waals surface area contributed by atoms with Crippen molar-refractivity contribution in [3.63, 3.8) is 0 Å². The van der Waals surface area contributed by atoms with Crippen molar-refractivity contribution in [3.8, 4) is 6.07 Å². The maximum Gasteiger partial charge on any atom is 0.252 e. The fourth-order valence-corrected chi connectivity index (χ4v) is 3.19. The van der Waals surface area contributed by atoms with Gasteiger partial charge in [0.25, 0.3) is 5.91 Å². The molecule has 25 heavy (non-hydrogen) atoms. The zero-order valence-corrected chi connectivity index (χ0v) is 14.4. The summed E-state index contributed by atoms with van der Waals surface area (Å²) in [4.78, 5) is 22.6. The fraction of sp³-hybridized carbons (Fsp3) is 0.333. The number of halogens is 1. The van der Waals surface area contributed by atoms with Crippen LogP contribution in [0.25, 0.3) is 0 Å². The Labute approximate surface area is 151 Å². The molecule has 2 heterocycles. The molecule has 0 saturated carbocycles. The maximum absolute atomic E-state index is 12.2. The van der Waals surface area contributed by atoms with E-state index in [1.54, 1.807) is 30.5 Å². The quantitative estimate of drug-likeness (QED) is 0.911. The molecule has 0 unspecified atom stereocenters. The van der Waals surface area contributed by atoms with Crippen molar-refractivity contribution in [2.45, 2.75) is 12.8 Å². The van der Waals surface area contributed by atoms with E-state index in [0.717, 1.165) is 25.9 Å². The summed E-state index contributed by atoms with van der Waals surface area (Å²) in [6.45, 7) is 2.20. The Bertz CT molecular complexity index is 796. The van der Waals surface area contributed by atoms with Crippen LogP contribution < -0.4 is 10.2 Å². The van der Waals surface area contributed by atoms with E-state index < -0.39 is 0 Å². The van der Waals surface area contributed by atoms with E-state index in [4.69, 9.17) is 16.9 Å². The Morgan fingerprint density at radius 3 is 2.72 bits per heavy atom. The van der Waals surface area contributed by atoms with Gasteiger partial charge in [-0.15, -0.1) is 0 Å². The first-order valence-electron chi connectivity index (χ1n) is 8.18. The number of amides is 1. The van der Waals surface area contributed by atoms with Crippen LogP contribution in [-0.4, -0.2) is 35.5 Å². The minimum Gasteiger partial charge on any atom is -0.354 e. The number of nitrogens with zero attached hydrogens (tertiary/aromatic N) is 4. The van der Waals surface area contributed by atoms with Crippen molar-refractivity contribution in [1.29, 1.82) is 5.26 Å². The minimum atomic E-state index is -0.145. The van der Waals surface area contributed by atoms with Crippen LogP contribution >= 0.6 is 11.6 Å². The second-order valence-electron chi connectivity index (χ2n) is 5.96. The molecule has 1 aromatic heterocycles. The highest BCUT2D eigenvalue weighted by Gasteiger charge is 2.23. The number of piperidine rings is 1. The summed E-state index contributed by atoms with van der Waals surface area (Å²) in [7, 11) is 0. The van der Waals surface area contributed by atoms with Crippen molar-refractivity contribution < 1.29 is 4.79 Å². The van der Waals surface area contributed by atoms with Gasteiger partial charge in [0.15, 0.2) is 11.5 Å². The monoisotopic (exact) mass is 355 g/mol. The molecule has 7 heteroatoms. The van der Waals surface area contributed by atoms with Crippen LogP contribution in [0.2, 0.25) is 5.02 Å². The second kappa shape index (κ2) is 7.95. The summed E-state index contributed by atoms with van der Waals surface area (Å²) in [5, 5.41) is 12.6. The molecule has 0 bridgehead atoms. The van der Waals surface area contributed by atoms with Crippen LogP contribution in [0.15, 0.2) is 36.7 Å². The van der Waals surface area contributed by atoms with E-state index in [-0.39, 0.29) is 5.91 Å². The highest BCUT2D eigenvalue weighted by molar-refractivity contribution is 6.33. The number of aromatic nitrogens is 2. The molecule has 1 aliphatic heterocycles. The lowest BCUT2D eigenvalue weighted by Gasteiger charge is -2.32. The number of carbonyl (C=O) groups excluding carboxylic acids is 1. The van der Waals surface area contributed by atoms with Crippen LogP contribution in [0.4, 0.5) is 5.82 Å². The Morgan fingerprint density at radius 1 is 1.28 bits per heavy atom. The second-order valence-corrected chi connectivity index (χ2v) is 6.37. The molecule has 1 N–H and O–H groups in total. The molecule has 1 fully saturated rings. The molecule has 1 aromatic carbocycles. The first-order valence-corrected chi connectivity index (χ1v) is 8.55. The molecule has 0 radical (unpaired) electrons. The van der Waals surface area contributed by atoms with E-state index in [1.807, 2.05) is 0 Å².